The van der Waals surface area contributed by atoms with E-state index in [1.165, 1.54) is 44.9 Å². The minimum absolute atomic E-state index is 0.216. The lowest BCUT2D eigenvalue weighted by atomic mass is 9.85. The van der Waals surface area contributed by atoms with Crippen molar-refractivity contribution in [1.82, 2.24) is 0 Å². The van der Waals surface area contributed by atoms with Gasteiger partial charge in [0.25, 0.3) is 0 Å². The zero-order valence-electron chi connectivity index (χ0n) is 21.2. The molecule has 0 amide bonds. The highest BCUT2D eigenvalue weighted by atomic mass is 18.2. The van der Waals surface area contributed by atoms with Gasteiger partial charge in [-0.3, -0.25) is 0 Å². The second-order valence-corrected chi connectivity index (χ2v) is 11.1. The maximum atomic E-state index is 14.5. The molecular weight excluding hydrogens is 386 g/mol. The van der Waals surface area contributed by atoms with Crippen LogP contribution in [0.5, 0.6) is 11.5 Å². The van der Waals surface area contributed by atoms with E-state index in [9.17, 15) is 9.50 Å². The summed E-state index contributed by atoms with van der Waals surface area (Å²) in [6, 6.07) is 0. The lowest BCUT2D eigenvalue weighted by Gasteiger charge is -2.37. The minimum Gasteiger partial charge on any atom is -0.505 e. The number of hydrogen-bond acceptors (Lipinski definition) is 2. The molecule has 3 atom stereocenters. The molecule has 2 rings (SSSR count). The van der Waals surface area contributed by atoms with E-state index in [1.54, 1.807) is 6.92 Å². The molecule has 1 N–H and O–H groups in total. The fraction of sp³-hybridized carbons (Fsp3) is 0.786. The monoisotopic (exact) mass is 433 g/mol. The maximum absolute atomic E-state index is 14.5. The Hall–Kier alpha value is -1.25. The van der Waals surface area contributed by atoms with Crippen LogP contribution in [-0.4, -0.2) is 10.7 Å². The number of phenols is 1. The van der Waals surface area contributed by atoms with E-state index in [-0.39, 0.29) is 11.4 Å². The van der Waals surface area contributed by atoms with Gasteiger partial charge in [0.15, 0.2) is 11.6 Å². The molecule has 0 unspecified atom stereocenters. The Balaban J connectivity index is 1.74. The first-order valence-electron chi connectivity index (χ1n) is 12.7. The molecule has 2 nitrogen and oxygen atoms in total. The Bertz CT molecular complexity index is 712. The van der Waals surface area contributed by atoms with Gasteiger partial charge in [0.2, 0.25) is 0 Å². The first-order chi connectivity index (χ1) is 14.5. The summed E-state index contributed by atoms with van der Waals surface area (Å²) in [4.78, 5) is 0. The van der Waals surface area contributed by atoms with Crippen LogP contribution in [0.4, 0.5) is 4.39 Å². The van der Waals surface area contributed by atoms with Crippen LogP contribution in [0.3, 0.4) is 0 Å². The topological polar surface area (TPSA) is 29.5 Å². The van der Waals surface area contributed by atoms with Crippen molar-refractivity contribution in [3.8, 4) is 11.5 Å². The van der Waals surface area contributed by atoms with Gasteiger partial charge in [-0.2, -0.15) is 0 Å². The Morgan fingerprint density at radius 3 is 2.03 bits per heavy atom. The molecule has 0 bridgehead atoms. The second kappa shape index (κ2) is 11.6. The fourth-order valence-electron chi connectivity index (χ4n) is 5.01. The van der Waals surface area contributed by atoms with Crippen LogP contribution in [0.25, 0.3) is 0 Å². The van der Waals surface area contributed by atoms with Crippen LogP contribution in [0.2, 0.25) is 0 Å². The molecule has 1 aliphatic heterocycles. The van der Waals surface area contributed by atoms with Crippen LogP contribution in [-0.2, 0) is 6.42 Å². The SMILES string of the molecule is Cc1c(C)c2c(c([18F])c1O)CC[C@@](C)(CCC[C@H](C)CCC[C@H](C)CCCC(C)C)O2. The van der Waals surface area contributed by atoms with Gasteiger partial charge < -0.3 is 9.84 Å². The lowest BCUT2D eigenvalue weighted by molar-refractivity contribution is 0.0501. The van der Waals surface area contributed by atoms with Crippen molar-refractivity contribution in [2.45, 2.75) is 125 Å². The summed E-state index contributed by atoms with van der Waals surface area (Å²) in [5.74, 6) is 2.39. The van der Waals surface area contributed by atoms with Crippen LogP contribution in [0.1, 0.15) is 116 Å². The number of benzene rings is 1. The second-order valence-electron chi connectivity index (χ2n) is 11.1. The molecule has 0 saturated heterocycles. The Morgan fingerprint density at radius 2 is 1.45 bits per heavy atom. The zero-order chi connectivity index (χ0) is 23.2. The van der Waals surface area contributed by atoms with E-state index in [4.69, 9.17) is 4.74 Å². The maximum Gasteiger partial charge on any atom is 0.171 e. The number of ether oxygens (including phenoxy) is 1. The van der Waals surface area contributed by atoms with E-state index in [2.05, 4.69) is 34.6 Å². The molecular formula is C28H47FO2. The van der Waals surface area contributed by atoms with Gasteiger partial charge in [-0.15, -0.1) is 0 Å². The summed E-state index contributed by atoms with van der Waals surface area (Å²) >= 11 is 0. The summed E-state index contributed by atoms with van der Waals surface area (Å²) in [6.45, 7) is 15.3. The quantitative estimate of drug-likeness (QED) is 0.357. The number of rotatable bonds is 12. The Labute approximate surface area is 191 Å². The average Bonchev–Trinajstić information content (AvgIpc) is 2.70. The van der Waals surface area contributed by atoms with Crippen LogP contribution in [0, 0.1) is 37.4 Å². The lowest BCUT2D eigenvalue weighted by Crippen LogP contribution is -2.37. The first-order valence-corrected chi connectivity index (χ1v) is 12.7. The van der Waals surface area contributed by atoms with Crippen molar-refractivity contribution in [3.05, 3.63) is 22.5 Å². The predicted octanol–water partition coefficient (Wildman–Crippen LogP) is 8.67. The summed E-state index contributed by atoms with van der Waals surface area (Å²) in [7, 11) is 0. The van der Waals surface area contributed by atoms with E-state index in [0.29, 0.717) is 23.3 Å². The summed E-state index contributed by atoms with van der Waals surface area (Å²) in [5.41, 5.74) is 1.77. The highest BCUT2D eigenvalue weighted by Gasteiger charge is 2.35. The predicted molar refractivity (Wildman–Crippen MR) is 130 cm³/mol. The van der Waals surface area contributed by atoms with Gasteiger partial charge in [0, 0.05) is 11.1 Å². The molecule has 0 aliphatic carbocycles. The highest BCUT2D eigenvalue weighted by molar-refractivity contribution is 5.54. The first kappa shape index (κ1) is 26.0. The van der Waals surface area contributed by atoms with Gasteiger partial charge in [-0.05, 0) is 69.8 Å². The van der Waals surface area contributed by atoms with E-state index in [1.807, 2.05) is 6.92 Å². The molecule has 0 fully saturated rings. The number of aromatic hydroxyl groups is 1. The molecule has 178 valence electrons. The molecule has 1 aromatic rings. The van der Waals surface area contributed by atoms with E-state index < -0.39 is 5.82 Å². The van der Waals surface area contributed by atoms with Crippen molar-refractivity contribution in [3.63, 3.8) is 0 Å². The fourth-order valence-corrected chi connectivity index (χ4v) is 5.01. The Kier molecular flexibility index (Phi) is 9.70. The largest absolute Gasteiger partial charge is 0.505 e. The number of halogens is 1. The summed E-state index contributed by atoms with van der Waals surface area (Å²) in [5, 5.41) is 10.0. The van der Waals surface area contributed by atoms with Crippen molar-refractivity contribution in [1.29, 1.82) is 0 Å². The third kappa shape index (κ3) is 7.39. The van der Waals surface area contributed by atoms with Gasteiger partial charge in [-0.1, -0.05) is 72.6 Å². The summed E-state index contributed by atoms with van der Waals surface area (Å²) in [6.07, 6.45) is 13.0. The third-order valence-corrected chi connectivity index (χ3v) is 7.53. The molecule has 3 heteroatoms. The molecule has 1 heterocycles. The van der Waals surface area contributed by atoms with Crippen molar-refractivity contribution in [2.75, 3.05) is 0 Å². The molecule has 1 aliphatic rings. The smallest absolute Gasteiger partial charge is 0.171 e. The molecule has 0 radical (unpaired) electrons. The molecule has 0 aromatic heterocycles. The Morgan fingerprint density at radius 1 is 0.903 bits per heavy atom. The van der Waals surface area contributed by atoms with E-state index >= 15 is 0 Å². The number of hydrogen-bond donors (Lipinski definition) is 1. The van der Waals surface area contributed by atoms with Crippen LogP contribution < -0.4 is 4.74 Å². The van der Waals surface area contributed by atoms with Crippen molar-refractivity contribution >= 4 is 0 Å². The number of phenolic OH excluding ortho intramolecular Hbond substituents is 1. The van der Waals surface area contributed by atoms with Crippen LogP contribution in [0.15, 0.2) is 0 Å². The number of fused-ring (bicyclic) bond motifs is 1. The molecule has 0 spiro atoms. The molecule has 0 saturated carbocycles. The zero-order valence-corrected chi connectivity index (χ0v) is 21.2. The molecule has 31 heavy (non-hydrogen) atoms. The van der Waals surface area contributed by atoms with Gasteiger partial charge in [0.1, 0.15) is 11.4 Å². The van der Waals surface area contributed by atoms with E-state index in [0.717, 1.165) is 42.6 Å². The normalized spacial score (nSPS) is 20.4. The van der Waals surface area contributed by atoms with Crippen molar-refractivity contribution in [2.24, 2.45) is 17.8 Å². The van der Waals surface area contributed by atoms with Gasteiger partial charge >= 0.3 is 0 Å². The molecule has 1 aromatic carbocycles. The minimum atomic E-state index is -0.493. The summed E-state index contributed by atoms with van der Waals surface area (Å²) < 4.78 is 20.8. The van der Waals surface area contributed by atoms with Crippen LogP contribution >= 0.6 is 0 Å². The highest BCUT2D eigenvalue weighted by Crippen LogP contribution is 2.44. The van der Waals surface area contributed by atoms with Gasteiger partial charge in [-0.25, -0.2) is 4.39 Å². The third-order valence-electron chi connectivity index (χ3n) is 7.53. The standard InChI is InChI=1S/C28H47FO2/c1-19(2)11-8-12-20(3)13-9-14-21(4)15-10-17-28(7)18-16-24-25(29)26(30)22(5)23(6)27(24)31-28/h19-21,30H,8-18H2,1-7H3/t20-,21-,28-/m1/s1/i29-1. The average molecular weight is 434 g/mol. The van der Waals surface area contributed by atoms with Crippen molar-refractivity contribution < 1.29 is 14.2 Å². The van der Waals surface area contributed by atoms with Gasteiger partial charge in [0.05, 0.1) is 0 Å².